The van der Waals surface area contributed by atoms with E-state index < -0.39 is 49.2 Å². The molecule has 176 valence electrons. The molecule has 0 aromatic carbocycles. The van der Waals surface area contributed by atoms with Gasteiger partial charge in [-0.3, -0.25) is 0 Å². The molecule has 0 spiro atoms. The fraction of sp³-hybridized carbons (Fsp3) is 0.789. The minimum Gasteiger partial charge on any atom is -0.478 e. The van der Waals surface area contributed by atoms with Gasteiger partial charge in [0.15, 0.2) is 26.4 Å². The number of hydrogen-bond acceptors (Lipinski definition) is 6. The summed E-state index contributed by atoms with van der Waals surface area (Å²) >= 11 is 0. The normalized spacial score (nSPS) is 17.9. The molecule has 0 radical (unpaired) electrons. The monoisotopic (exact) mass is 494 g/mol. The molecular formula is C19H42O7Si4. The van der Waals surface area contributed by atoms with E-state index in [-0.39, 0.29) is 18.1 Å². The first-order valence-corrected chi connectivity index (χ1v) is 19.4. The highest BCUT2D eigenvalue weighted by atomic mass is 28.4. The van der Waals surface area contributed by atoms with Crippen molar-refractivity contribution in [2.75, 3.05) is 6.61 Å². The van der Waals surface area contributed by atoms with E-state index >= 15 is 0 Å². The van der Waals surface area contributed by atoms with E-state index in [1.165, 1.54) is 0 Å². The lowest BCUT2D eigenvalue weighted by molar-refractivity contribution is -0.146. The van der Waals surface area contributed by atoms with Crippen molar-refractivity contribution in [1.82, 2.24) is 0 Å². The van der Waals surface area contributed by atoms with Crippen LogP contribution in [0.25, 0.3) is 0 Å². The van der Waals surface area contributed by atoms with Crippen molar-refractivity contribution < 1.29 is 32.4 Å². The molecule has 30 heavy (non-hydrogen) atoms. The van der Waals surface area contributed by atoms with Crippen molar-refractivity contribution in [3.63, 3.8) is 0 Å². The van der Waals surface area contributed by atoms with Crippen LogP contribution in [0.1, 0.15) is 34.1 Å². The molecule has 0 saturated heterocycles. The van der Waals surface area contributed by atoms with E-state index in [1.54, 1.807) is 0 Å². The van der Waals surface area contributed by atoms with Gasteiger partial charge < -0.3 is 22.8 Å². The number of carboxylic acids is 1. The molecule has 2 atom stereocenters. The largest absolute Gasteiger partial charge is 0.478 e. The van der Waals surface area contributed by atoms with Crippen molar-refractivity contribution in [2.24, 2.45) is 5.92 Å². The van der Waals surface area contributed by atoms with Gasteiger partial charge in [-0.05, 0) is 58.5 Å². The van der Waals surface area contributed by atoms with Crippen LogP contribution in [0.5, 0.6) is 0 Å². The van der Waals surface area contributed by atoms with E-state index in [4.69, 9.17) is 17.7 Å². The predicted molar refractivity (Wildman–Crippen MR) is 131 cm³/mol. The molecule has 0 heterocycles. The first-order chi connectivity index (χ1) is 13.5. The van der Waals surface area contributed by atoms with Gasteiger partial charge >= 0.3 is 11.9 Å². The number of esters is 1. The molecule has 0 aliphatic rings. The molecule has 0 aliphatic heterocycles. The molecule has 0 saturated carbocycles. The zero-order valence-electron chi connectivity index (χ0n) is 20.7. The second-order valence-corrected chi connectivity index (χ2v) is 22.4. The SMILES string of the molecule is CCCOC(=O)C(=CC(=O)O)C(O[Si](C)(C)C)([SiH2]O[SiH3])C(C)(O[Si](C)(C)C)C(C)C. The Bertz CT molecular complexity index is 625. The number of aliphatic carboxylic acids is 1. The predicted octanol–water partition coefficient (Wildman–Crippen LogP) is 2.15. The van der Waals surface area contributed by atoms with Crippen LogP contribution in [0.15, 0.2) is 11.6 Å². The Morgan fingerprint density at radius 3 is 1.93 bits per heavy atom. The molecular weight excluding hydrogens is 453 g/mol. The molecule has 0 aromatic heterocycles. The van der Waals surface area contributed by atoms with Gasteiger partial charge in [-0.25, -0.2) is 9.59 Å². The van der Waals surface area contributed by atoms with Crippen LogP contribution in [0.2, 0.25) is 39.3 Å². The fourth-order valence-corrected chi connectivity index (χ4v) is 10.9. The summed E-state index contributed by atoms with van der Waals surface area (Å²) in [6.45, 7) is 20.4. The summed E-state index contributed by atoms with van der Waals surface area (Å²) in [5, 5.41) is 8.37. The van der Waals surface area contributed by atoms with Crippen molar-refractivity contribution >= 4 is 48.8 Å². The van der Waals surface area contributed by atoms with Gasteiger partial charge in [0.1, 0.15) is 15.7 Å². The summed E-state index contributed by atoms with van der Waals surface area (Å²) in [6, 6.07) is 0. The first kappa shape index (κ1) is 29.4. The molecule has 2 unspecified atom stereocenters. The van der Waals surface area contributed by atoms with E-state index in [0.29, 0.717) is 16.9 Å². The Labute approximate surface area is 189 Å². The zero-order chi connectivity index (χ0) is 24.0. The van der Waals surface area contributed by atoms with Gasteiger partial charge in [0, 0.05) is 6.08 Å². The van der Waals surface area contributed by atoms with Crippen LogP contribution >= 0.6 is 0 Å². The minimum absolute atomic E-state index is 0.00263. The van der Waals surface area contributed by atoms with Crippen LogP contribution < -0.4 is 0 Å². The summed E-state index contributed by atoms with van der Waals surface area (Å²) in [5.74, 6) is -1.96. The number of ether oxygens (including phenoxy) is 1. The molecule has 7 nitrogen and oxygen atoms in total. The van der Waals surface area contributed by atoms with Crippen molar-refractivity contribution in [1.29, 1.82) is 0 Å². The number of hydrogen-bond donors (Lipinski definition) is 1. The number of carbonyl (C=O) groups is 2. The van der Waals surface area contributed by atoms with Gasteiger partial charge in [-0.15, -0.1) is 0 Å². The lowest BCUT2D eigenvalue weighted by Gasteiger charge is -2.55. The second kappa shape index (κ2) is 11.3. The van der Waals surface area contributed by atoms with Gasteiger partial charge in [-0.2, -0.15) is 0 Å². The number of carbonyl (C=O) groups excluding carboxylic acids is 1. The van der Waals surface area contributed by atoms with Crippen molar-refractivity contribution in [3.8, 4) is 0 Å². The fourth-order valence-electron chi connectivity index (χ4n) is 3.44. The second-order valence-electron chi connectivity index (χ2n) is 9.98. The third kappa shape index (κ3) is 8.17. The third-order valence-corrected chi connectivity index (χ3v) is 9.68. The minimum atomic E-state index is -2.29. The van der Waals surface area contributed by atoms with Crippen LogP contribution in [0.4, 0.5) is 0 Å². The molecule has 11 heteroatoms. The quantitative estimate of drug-likeness (QED) is 0.238. The maximum atomic E-state index is 13.2. The summed E-state index contributed by atoms with van der Waals surface area (Å²) in [4.78, 5) is 25.0. The van der Waals surface area contributed by atoms with Crippen LogP contribution in [0, 0.1) is 5.92 Å². The smallest absolute Gasteiger partial charge is 0.337 e. The lowest BCUT2D eigenvalue weighted by Crippen LogP contribution is -2.69. The average molecular weight is 495 g/mol. The summed E-state index contributed by atoms with van der Waals surface area (Å²) in [6.07, 6.45) is 1.58. The van der Waals surface area contributed by atoms with Crippen LogP contribution in [-0.4, -0.2) is 71.4 Å². The summed E-state index contributed by atoms with van der Waals surface area (Å²) in [7, 11) is -5.55. The van der Waals surface area contributed by atoms with Gasteiger partial charge in [0.05, 0.1) is 17.8 Å². The highest BCUT2D eigenvalue weighted by Gasteiger charge is 2.59. The van der Waals surface area contributed by atoms with Gasteiger partial charge in [-0.1, -0.05) is 20.8 Å². The maximum Gasteiger partial charge on any atom is 0.337 e. The molecule has 0 bridgehead atoms. The molecule has 0 rings (SSSR count). The number of carboxylic acid groups (broad SMARTS) is 1. The highest BCUT2D eigenvalue weighted by Crippen LogP contribution is 2.45. The third-order valence-electron chi connectivity index (χ3n) is 4.61. The molecule has 0 aliphatic carbocycles. The van der Waals surface area contributed by atoms with E-state index in [2.05, 4.69) is 19.6 Å². The zero-order valence-corrected chi connectivity index (χ0v) is 26.1. The molecule has 0 fully saturated rings. The van der Waals surface area contributed by atoms with E-state index in [1.807, 2.05) is 47.3 Å². The Morgan fingerprint density at radius 2 is 1.60 bits per heavy atom. The Morgan fingerprint density at radius 1 is 1.10 bits per heavy atom. The molecule has 1 N–H and O–H groups in total. The topological polar surface area (TPSA) is 91.3 Å². The van der Waals surface area contributed by atoms with E-state index in [9.17, 15) is 14.7 Å². The maximum absolute atomic E-state index is 13.2. The lowest BCUT2D eigenvalue weighted by atomic mass is 9.82. The summed E-state index contributed by atoms with van der Waals surface area (Å²) in [5.41, 5.74) is -0.955. The van der Waals surface area contributed by atoms with Crippen LogP contribution in [0.3, 0.4) is 0 Å². The highest BCUT2D eigenvalue weighted by molar-refractivity contribution is 6.71. The van der Waals surface area contributed by atoms with Gasteiger partial charge in [0.25, 0.3) is 0 Å². The van der Waals surface area contributed by atoms with Crippen LogP contribution in [-0.2, 0) is 27.3 Å². The first-order valence-electron chi connectivity index (χ1n) is 10.5. The Balaban J connectivity index is 7.19. The van der Waals surface area contributed by atoms with E-state index in [0.717, 1.165) is 6.08 Å². The average Bonchev–Trinajstić information content (AvgIpc) is 2.53. The molecule has 0 amide bonds. The standard InChI is InChI=1S/C19H42O7Si4/c1-11-12-23-17(22)15(13-16(20)21)19(28-26-27,25-30(8,9)10)18(4,14(2)3)24-29(5,6)7/h13-14H,11-12,28H2,1-10,27H3,(H,20,21). The Hall–Kier alpha value is -0.572. The van der Waals surface area contributed by atoms with Crippen molar-refractivity contribution in [2.45, 2.75) is 84.2 Å². The Kier molecular flexibility index (Phi) is 11.1. The number of rotatable bonds is 13. The van der Waals surface area contributed by atoms with Gasteiger partial charge in [0.2, 0.25) is 0 Å². The summed E-state index contributed by atoms with van der Waals surface area (Å²) < 4.78 is 24.8. The molecule has 0 aromatic rings. The van der Waals surface area contributed by atoms with Crippen molar-refractivity contribution in [3.05, 3.63) is 11.6 Å².